The van der Waals surface area contributed by atoms with E-state index in [1.54, 1.807) is 34.6 Å². The summed E-state index contributed by atoms with van der Waals surface area (Å²) in [4.78, 5) is 36.2. The first-order chi connectivity index (χ1) is 11.1. The van der Waals surface area contributed by atoms with Crippen LogP contribution in [0, 0.1) is 0 Å². The number of hydrogen-bond acceptors (Lipinski definition) is 5. The zero-order valence-electron chi connectivity index (χ0n) is 14.8. The maximum Gasteiger partial charge on any atom is 0.408 e. The van der Waals surface area contributed by atoms with E-state index in [2.05, 4.69) is 5.32 Å². The third-order valence-electron chi connectivity index (χ3n) is 2.83. The summed E-state index contributed by atoms with van der Waals surface area (Å²) in [5, 5.41) is 2.46. The highest BCUT2D eigenvalue weighted by atomic mass is 16.6. The molecule has 24 heavy (non-hydrogen) atoms. The van der Waals surface area contributed by atoms with Crippen molar-refractivity contribution in [3.05, 3.63) is 35.9 Å². The van der Waals surface area contributed by atoms with Crippen molar-refractivity contribution in [2.75, 3.05) is 0 Å². The number of hydrogen-bond donors (Lipinski definition) is 1. The fourth-order valence-corrected chi connectivity index (χ4v) is 1.92. The SMILES string of the molecule is CC(C)OC(=O)C(=O)[C@H](Cc1ccccc1)NC(=O)OC(C)(C)C. The number of ether oxygens (including phenoxy) is 2. The van der Waals surface area contributed by atoms with Gasteiger partial charge in [-0.15, -0.1) is 0 Å². The van der Waals surface area contributed by atoms with Gasteiger partial charge in [-0.2, -0.15) is 0 Å². The fraction of sp³-hybridized carbons (Fsp3) is 0.500. The number of ketones is 1. The number of carbonyl (C=O) groups excluding carboxylic acids is 3. The molecule has 6 heteroatoms. The Kier molecular flexibility index (Phi) is 6.95. The Balaban J connectivity index is 2.88. The van der Waals surface area contributed by atoms with Crippen LogP contribution in [-0.2, 0) is 25.5 Å². The molecule has 0 saturated carbocycles. The van der Waals surface area contributed by atoms with Gasteiger partial charge in [0.1, 0.15) is 11.6 Å². The molecule has 0 aliphatic heterocycles. The third kappa shape index (κ3) is 7.26. The van der Waals surface area contributed by atoms with Crippen LogP contribution >= 0.6 is 0 Å². The molecule has 132 valence electrons. The van der Waals surface area contributed by atoms with Crippen molar-refractivity contribution < 1.29 is 23.9 Å². The fourth-order valence-electron chi connectivity index (χ4n) is 1.92. The average Bonchev–Trinajstić information content (AvgIpc) is 2.44. The summed E-state index contributed by atoms with van der Waals surface area (Å²) in [6, 6.07) is 8.05. The second-order valence-corrected chi connectivity index (χ2v) is 6.71. The molecule has 1 rings (SSSR count). The number of carbonyl (C=O) groups is 3. The minimum absolute atomic E-state index is 0.173. The lowest BCUT2D eigenvalue weighted by Crippen LogP contribution is -2.47. The summed E-state index contributed by atoms with van der Waals surface area (Å²) in [5.41, 5.74) is 0.104. The molecule has 1 N–H and O–H groups in total. The van der Waals surface area contributed by atoms with E-state index < -0.39 is 35.6 Å². The van der Waals surface area contributed by atoms with Crippen molar-refractivity contribution in [3.63, 3.8) is 0 Å². The molecule has 0 bridgehead atoms. The number of amides is 1. The minimum atomic E-state index is -1.05. The van der Waals surface area contributed by atoms with Gasteiger partial charge in [-0.1, -0.05) is 30.3 Å². The quantitative estimate of drug-likeness (QED) is 0.638. The molecule has 0 saturated heterocycles. The van der Waals surface area contributed by atoms with Gasteiger partial charge in [0.25, 0.3) is 5.78 Å². The second-order valence-electron chi connectivity index (χ2n) is 6.71. The van der Waals surface area contributed by atoms with Crippen LogP contribution in [0.5, 0.6) is 0 Å². The van der Waals surface area contributed by atoms with E-state index in [-0.39, 0.29) is 6.42 Å². The summed E-state index contributed by atoms with van der Waals surface area (Å²) < 4.78 is 10.1. The van der Waals surface area contributed by atoms with E-state index in [4.69, 9.17) is 9.47 Å². The lowest BCUT2D eigenvalue weighted by atomic mass is 10.0. The zero-order chi connectivity index (χ0) is 18.3. The molecule has 0 fully saturated rings. The van der Waals surface area contributed by atoms with Crippen molar-refractivity contribution in [3.8, 4) is 0 Å². The molecule has 0 spiro atoms. The number of benzene rings is 1. The first kappa shape index (κ1) is 19.7. The molecule has 0 aliphatic rings. The molecule has 1 atom stereocenters. The normalized spacial score (nSPS) is 12.4. The van der Waals surface area contributed by atoms with Gasteiger partial charge in [0, 0.05) is 6.42 Å². The average molecular weight is 335 g/mol. The summed E-state index contributed by atoms with van der Waals surface area (Å²) in [6.45, 7) is 8.45. The van der Waals surface area contributed by atoms with Gasteiger partial charge < -0.3 is 14.8 Å². The Labute approximate surface area is 142 Å². The molecule has 1 amide bonds. The van der Waals surface area contributed by atoms with Gasteiger partial charge in [-0.25, -0.2) is 9.59 Å². The molecule has 6 nitrogen and oxygen atoms in total. The summed E-state index contributed by atoms with van der Waals surface area (Å²) >= 11 is 0. The van der Waals surface area contributed by atoms with Crippen LogP contribution in [-0.4, -0.2) is 35.6 Å². The Hall–Kier alpha value is -2.37. The summed E-state index contributed by atoms with van der Waals surface area (Å²) in [6.07, 6.45) is -0.999. The topological polar surface area (TPSA) is 81.7 Å². The standard InChI is InChI=1S/C18H25NO5/c1-12(2)23-16(21)15(20)14(11-13-9-7-6-8-10-13)19-17(22)24-18(3,4)5/h6-10,12,14H,11H2,1-5H3,(H,19,22)/t14-/m0/s1. The molecule has 0 unspecified atom stereocenters. The molecular weight excluding hydrogens is 310 g/mol. The van der Waals surface area contributed by atoms with Gasteiger partial charge in [0.15, 0.2) is 0 Å². The van der Waals surface area contributed by atoms with Gasteiger partial charge in [0.05, 0.1) is 6.10 Å². The zero-order valence-corrected chi connectivity index (χ0v) is 14.8. The van der Waals surface area contributed by atoms with Crippen LogP contribution in [0.2, 0.25) is 0 Å². The third-order valence-corrected chi connectivity index (χ3v) is 2.83. The monoisotopic (exact) mass is 335 g/mol. The number of esters is 1. The first-order valence-corrected chi connectivity index (χ1v) is 7.86. The highest BCUT2D eigenvalue weighted by Gasteiger charge is 2.30. The molecule has 0 radical (unpaired) electrons. The molecule has 0 heterocycles. The van der Waals surface area contributed by atoms with E-state index in [1.165, 1.54) is 0 Å². The smallest absolute Gasteiger partial charge is 0.408 e. The van der Waals surface area contributed by atoms with Gasteiger partial charge in [-0.05, 0) is 40.2 Å². The highest BCUT2D eigenvalue weighted by Crippen LogP contribution is 2.09. The maximum absolute atomic E-state index is 12.3. The van der Waals surface area contributed by atoms with E-state index in [0.29, 0.717) is 0 Å². The van der Waals surface area contributed by atoms with Crippen LogP contribution in [0.1, 0.15) is 40.2 Å². The predicted octanol–water partition coefficient (Wildman–Crippen LogP) is 2.64. The van der Waals surface area contributed by atoms with Crippen LogP contribution in [0.25, 0.3) is 0 Å². The lowest BCUT2D eigenvalue weighted by Gasteiger charge is -2.23. The molecule has 1 aromatic carbocycles. The summed E-state index contributed by atoms with van der Waals surface area (Å²) in [7, 11) is 0. The van der Waals surface area contributed by atoms with E-state index in [1.807, 2.05) is 30.3 Å². The highest BCUT2D eigenvalue weighted by molar-refractivity contribution is 6.36. The van der Waals surface area contributed by atoms with Gasteiger partial charge in [0.2, 0.25) is 0 Å². The molecular formula is C18H25NO5. The van der Waals surface area contributed by atoms with E-state index >= 15 is 0 Å². The van der Waals surface area contributed by atoms with Crippen LogP contribution in [0.4, 0.5) is 4.79 Å². The van der Waals surface area contributed by atoms with Crippen molar-refractivity contribution >= 4 is 17.8 Å². The summed E-state index contributed by atoms with van der Waals surface area (Å²) in [5.74, 6) is -1.78. The first-order valence-electron chi connectivity index (χ1n) is 7.86. The van der Waals surface area contributed by atoms with Crippen LogP contribution < -0.4 is 5.32 Å². The second kappa shape index (κ2) is 8.47. The number of Topliss-reactive ketones (excluding diaryl/α,β-unsaturated/α-hetero) is 1. The molecule has 0 aromatic heterocycles. The Morgan fingerprint density at radius 1 is 1.08 bits per heavy atom. The van der Waals surface area contributed by atoms with E-state index in [0.717, 1.165) is 5.56 Å². The van der Waals surface area contributed by atoms with Crippen molar-refractivity contribution in [1.82, 2.24) is 5.32 Å². The molecule has 0 aliphatic carbocycles. The minimum Gasteiger partial charge on any atom is -0.457 e. The van der Waals surface area contributed by atoms with Gasteiger partial charge in [-0.3, -0.25) is 4.79 Å². The maximum atomic E-state index is 12.3. The number of alkyl carbamates (subject to hydrolysis) is 1. The Morgan fingerprint density at radius 2 is 1.67 bits per heavy atom. The largest absolute Gasteiger partial charge is 0.457 e. The molecule has 1 aromatic rings. The Bertz CT molecular complexity index is 575. The number of rotatable bonds is 6. The van der Waals surface area contributed by atoms with E-state index in [9.17, 15) is 14.4 Å². The number of nitrogens with one attached hydrogen (secondary N) is 1. The lowest BCUT2D eigenvalue weighted by molar-refractivity contribution is -0.157. The van der Waals surface area contributed by atoms with Crippen LogP contribution in [0.3, 0.4) is 0 Å². The van der Waals surface area contributed by atoms with Crippen molar-refractivity contribution in [2.24, 2.45) is 0 Å². The van der Waals surface area contributed by atoms with Gasteiger partial charge >= 0.3 is 12.1 Å². The predicted molar refractivity (Wildman–Crippen MR) is 89.5 cm³/mol. The van der Waals surface area contributed by atoms with Crippen LogP contribution in [0.15, 0.2) is 30.3 Å². The van der Waals surface area contributed by atoms with Crippen molar-refractivity contribution in [1.29, 1.82) is 0 Å². The Morgan fingerprint density at radius 3 is 2.17 bits per heavy atom. The van der Waals surface area contributed by atoms with Crippen molar-refractivity contribution in [2.45, 2.75) is 58.8 Å².